The molecule has 3 aromatic rings. The quantitative estimate of drug-likeness (QED) is 0.688. The summed E-state index contributed by atoms with van der Waals surface area (Å²) < 4.78 is 0. The Kier molecular flexibility index (Phi) is 3.41. The van der Waals surface area contributed by atoms with Crippen LogP contribution >= 0.6 is 11.8 Å². The zero-order valence-electron chi connectivity index (χ0n) is 11.0. The van der Waals surface area contributed by atoms with Gasteiger partial charge in [0.15, 0.2) is 0 Å². The van der Waals surface area contributed by atoms with Crippen LogP contribution in [0.4, 0.5) is 0 Å². The van der Waals surface area contributed by atoms with E-state index in [1.807, 2.05) is 24.3 Å². The molecule has 0 fully saturated rings. The summed E-state index contributed by atoms with van der Waals surface area (Å²) in [5.74, 6) is 0. The first-order valence-electron chi connectivity index (χ1n) is 6.30. The molecule has 20 heavy (non-hydrogen) atoms. The van der Waals surface area contributed by atoms with Crippen LogP contribution in [-0.2, 0) is 0 Å². The number of aryl methyl sites for hydroxylation is 1. The number of fused-ring (bicyclic) bond motifs is 1. The monoisotopic (exact) mass is 276 g/mol. The minimum absolute atomic E-state index is 0.620. The number of para-hydroxylation sites is 1. The van der Waals surface area contributed by atoms with Crippen LogP contribution in [-0.4, -0.2) is 4.98 Å². The van der Waals surface area contributed by atoms with E-state index in [1.165, 1.54) is 5.56 Å². The lowest BCUT2D eigenvalue weighted by Gasteiger charge is -2.08. The molecule has 0 radical (unpaired) electrons. The summed E-state index contributed by atoms with van der Waals surface area (Å²) >= 11 is 1.61. The van der Waals surface area contributed by atoms with Crippen molar-refractivity contribution in [1.82, 2.24) is 4.98 Å². The van der Waals surface area contributed by atoms with Crippen molar-refractivity contribution in [2.75, 3.05) is 0 Å². The van der Waals surface area contributed by atoms with Gasteiger partial charge in [0.05, 0.1) is 11.1 Å². The maximum absolute atomic E-state index is 9.30. The van der Waals surface area contributed by atoms with Crippen molar-refractivity contribution >= 4 is 22.7 Å². The molecule has 0 aliphatic carbocycles. The van der Waals surface area contributed by atoms with Gasteiger partial charge in [0.2, 0.25) is 0 Å². The van der Waals surface area contributed by atoms with E-state index >= 15 is 0 Å². The lowest BCUT2D eigenvalue weighted by atomic mass is 10.2. The third-order valence-electron chi connectivity index (χ3n) is 3.09. The average molecular weight is 276 g/mol. The molecule has 0 bridgehead atoms. The van der Waals surface area contributed by atoms with Crippen molar-refractivity contribution in [3.8, 4) is 6.07 Å². The van der Waals surface area contributed by atoms with Gasteiger partial charge in [-0.2, -0.15) is 5.26 Å². The molecule has 2 nitrogen and oxygen atoms in total. The van der Waals surface area contributed by atoms with Gasteiger partial charge in [-0.3, -0.25) is 4.98 Å². The Morgan fingerprint density at radius 3 is 2.55 bits per heavy atom. The van der Waals surface area contributed by atoms with Crippen molar-refractivity contribution in [2.24, 2.45) is 0 Å². The fourth-order valence-electron chi connectivity index (χ4n) is 2.03. The Morgan fingerprint density at radius 2 is 1.80 bits per heavy atom. The van der Waals surface area contributed by atoms with E-state index < -0.39 is 0 Å². The predicted molar refractivity (Wildman–Crippen MR) is 81.8 cm³/mol. The first-order valence-corrected chi connectivity index (χ1v) is 7.12. The van der Waals surface area contributed by atoms with Crippen molar-refractivity contribution in [3.05, 3.63) is 65.9 Å². The van der Waals surface area contributed by atoms with Crippen LogP contribution in [0.25, 0.3) is 10.9 Å². The summed E-state index contributed by atoms with van der Waals surface area (Å²) in [6.45, 7) is 2.07. The van der Waals surface area contributed by atoms with Crippen LogP contribution in [0.2, 0.25) is 0 Å². The smallest absolute Gasteiger partial charge is 0.102 e. The van der Waals surface area contributed by atoms with Crippen molar-refractivity contribution in [1.29, 1.82) is 5.26 Å². The van der Waals surface area contributed by atoms with Crippen LogP contribution in [0.1, 0.15) is 11.1 Å². The molecule has 0 spiro atoms. The molecular weight excluding hydrogens is 264 g/mol. The van der Waals surface area contributed by atoms with Gasteiger partial charge in [-0.25, -0.2) is 0 Å². The molecule has 1 aromatic heterocycles. The Hall–Kier alpha value is -2.31. The van der Waals surface area contributed by atoms with E-state index in [0.29, 0.717) is 5.56 Å². The van der Waals surface area contributed by atoms with E-state index in [0.717, 1.165) is 20.7 Å². The van der Waals surface area contributed by atoms with Crippen LogP contribution in [0, 0.1) is 18.3 Å². The van der Waals surface area contributed by atoms with Crippen molar-refractivity contribution < 1.29 is 0 Å². The summed E-state index contributed by atoms with van der Waals surface area (Å²) in [5, 5.41) is 10.3. The fourth-order valence-corrected chi connectivity index (χ4v) is 3.03. The highest BCUT2D eigenvalue weighted by molar-refractivity contribution is 7.99. The van der Waals surface area contributed by atoms with Crippen LogP contribution in [0.3, 0.4) is 0 Å². The lowest BCUT2D eigenvalue weighted by Crippen LogP contribution is -1.88. The van der Waals surface area contributed by atoms with E-state index in [-0.39, 0.29) is 0 Å². The van der Waals surface area contributed by atoms with Gasteiger partial charge in [-0.05, 0) is 25.1 Å². The van der Waals surface area contributed by atoms with Crippen LogP contribution in [0.5, 0.6) is 0 Å². The SMILES string of the molecule is Cc1ccc(Sc2c(C#N)cnc3ccccc23)cc1. The second-order valence-corrected chi connectivity index (χ2v) is 5.63. The highest BCUT2D eigenvalue weighted by Gasteiger charge is 2.10. The molecule has 0 aliphatic rings. The average Bonchev–Trinajstić information content (AvgIpc) is 2.50. The predicted octanol–water partition coefficient (Wildman–Crippen LogP) is 4.57. The Balaban J connectivity index is 2.14. The maximum Gasteiger partial charge on any atom is 0.102 e. The molecule has 0 N–H and O–H groups in total. The molecule has 0 amide bonds. The fraction of sp³-hybridized carbons (Fsp3) is 0.0588. The number of pyridine rings is 1. The van der Waals surface area contributed by atoms with Crippen molar-refractivity contribution in [3.63, 3.8) is 0 Å². The highest BCUT2D eigenvalue weighted by atomic mass is 32.2. The second kappa shape index (κ2) is 5.36. The van der Waals surface area contributed by atoms with E-state index in [2.05, 4.69) is 42.2 Å². The first kappa shape index (κ1) is 12.7. The molecule has 2 aromatic carbocycles. The van der Waals surface area contributed by atoms with E-state index in [9.17, 15) is 5.26 Å². The normalized spacial score (nSPS) is 10.4. The number of nitriles is 1. The van der Waals surface area contributed by atoms with Crippen molar-refractivity contribution in [2.45, 2.75) is 16.7 Å². The summed E-state index contributed by atoms with van der Waals surface area (Å²) in [6, 6.07) is 18.5. The Morgan fingerprint density at radius 1 is 1.05 bits per heavy atom. The molecular formula is C17H12N2S. The molecule has 96 valence electrons. The summed E-state index contributed by atoms with van der Waals surface area (Å²) in [7, 11) is 0. The van der Waals surface area contributed by atoms with Gasteiger partial charge >= 0.3 is 0 Å². The van der Waals surface area contributed by atoms with Gasteiger partial charge in [-0.1, -0.05) is 47.7 Å². The number of hydrogen-bond donors (Lipinski definition) is 0. The number of aromatic nitrogens is 1. The summed E-state index contributed by atoms with van der Waals surface area (Å²) in [5.41, 5.74) is 2.77. The lowest BCUT2D eigenvalue weighted by molar-refractivity contribution is 1.29. The number of hydrogen-bond acceptors (Lipinski definition) is 3. The maximum atomic E-state index is 9.30. The third-order valence-corrected chi connectivity index (χ3v) is 4.24. The first-order chi connectivity index (χ1) is 9.78. The molecule has 1 heterocycles. The molecule has 0 unspecified atom stereocenters. The van der Waals surface area contributed by atoms with Crippen LogP contribution < -0.4 is 0 Å². The molecule has 0 aliphatic heterocycles. The second-order valence-electron chi connectivity index (χ2n) is 4.55. The third kappa shape index (κ3) is 2.38. The largest absolute Gasteiger partial charge is 0.255 e. The van der Waals surface area contributed by atoms with Crippen LogP contribution in [0.15, 0.2) is 64.5 Å². The summed E-state index contributed by atoms with van der Waals surface area (Å²) in [6.07, 6.45) is 1.65. The van der Waals surface area contributed by atoms with E-state index in [4.69, 9.17) is 0 Å². The number of benzene rings is 2. The molecule has 0 saturated heterocycles. The number of nitrogens with zero attached hydrogens (tertiary/aromatic N) is 2. The van der Waals surface area contributed by atoms with Gasteiger partial charge in [-0.15, -0.1) is 0 Å². The van der Waals surface area contributed by atoms with Gasteiger partial charge in [0, 0.05) is 21.4 Å². The number of rotatable bonds is 2. The Bertz CT molecular complexity index is 801. The molecule has 3 rings (SSSR count). The Labute approximate surface area is 122 Å². The molecule has 3 heteroatoms. The zero-order chi connectivity index (χ0) is 13.9. The minimum atomic E-state index is 0.620. The van der Waals surface area contributed by atoms with Gasteiger partial charge in [0.25, 0.3) is 0 Å². The topological polar surface area (TPSA) is 36.7 Å². The molecule has 0 atom stereocenters. The summed E-state index contributed by atoms with van der Waals surface area (Å²) in [4.78, 5) is 6.43. The standard InChI is InChI=1S/C17H12N2S/c1-12-6-8-14(9-7-12)20-17-13(10-18)11-19-16-5-3-2-4-15(16)17/h2-9,11H,1H3. The minimum Gasteiger partial charge on any atom is -0.255 e. The van der Waals surface area contributed by atoms with Gasteiger partial charge in [0.1, 0.15) is 6.07 Å². The van der Waals surface area contributed by atoms with Gasteiger partial charge < -0.3 is 0 Å². The zero-order valence-corrected chi connectivity index (χ0v) is 11.8. The van der Waals surface area contributed by atoms with E-state index in [1.54, 1.807) is 18.0 Å². The molecule has 0 saturated carbocycles. The highest BCUT2D eigenvalue weighted by Crippen LogP contribution is 2.35.